The van der Waals surface area contributed by atoms with Crippen LogP contribution >= 0.6 is 0 Å². The smallest absolute Gasteiger partial charge is 0.311 e. The van der Waals surface area contributed by atoms with Gasteiger partial charge in [-0.2, -0.15) is 0 Å². The molecular weight excluding hydrogens is 712 g/mol. The first kappa shape index (κ1) is 36.9. The number of hydrogen-bond acceptors (Lipinski definition) is 16. The van der Waals surface area contributed by atoms with Crippen LogP contribution in [0.3, 0.4) is 0 Å². The number of para-hydroxylation sites is 4. The number of phenols is 4. The number of phenolic OH excluding ortho intramolecular Hbond substituents is 4. The lowest BCUT2D eigenvalue weighted by atomic mass is 10.1. The van der Waals surface area contributed by atoms with Crippen LogP contribution in [-0.2, 0) is 0 Å². The summed E-state index contributed by atoms with van der Waals surface area (Å²) in [6.45, 7) is 0. The van der Waals surface area contributed by atoms with Crippen LogP contribution in [0, 0.1) is 40.5 Å². The van der Waals surface area contributed by atoms with Gasteiger partial charge in [-0.25, -0.2) is 0 Å². The van der Waals surface area contributed by atoms with E-state index in [1.165, 1.54) is 60.7 Å². The van der Waals surface area contributed by atoms with Crippen LogP contribution in [0.2, 0.25) is 0 Å². The Morgan fingerprint density at radius 3 is 0.778 bits per heavy atom. The lowest BCUT2D eigenvalue weighted by Gasteiger charge is -2.08. The van der Waals surface area contributed by atoms with Crippen LogP contribution in [0.25, 0.3) is 0 Å². The van der Waals surface area contributed by atoms with E-state index in [1.54, 1.807) is 0 Å². The number of aromatic hydroxyl groups is 4. The first-order valence-corrected chi connectivity index (χ1v) is 15.0. The maximum atomic E-state index is 11.4. The van der Waals surface area contributed by atoms with E-state index in [1.807, 2.05) is 0 Å². The number of rotatable bonds is 12. The van der Waals surface area contributed by atoms with Crippen LogP contribution in [0.15, 0.2) is 105 Å². The Bertz CT molecular complexity index is 2140. The lowest BCUT2D eigenvalue weighted by molar-refractivity contribution is -0.386. The Kier molecular flexibility index (Phi) is 10.7. The molecule has 0 fully saturated rings. The van der Waals surface area contributed by atoms with Gasteiger partial charge in [-0.15, -0.1) is 0 Å². The molecule has 0 spiro atoms. The fourth-order valence-corrected chi connectivity index (χ4v) is 4.73. The highest BCUT2D eigenvalue weighted by Gasteiger charge is 2.19. The van der Waals surface area contributed by atoms with Crippen molar-refractivity contribution in [3.63, 3.8) is 0 Å². The summed E-state index contributed by atoms with van der Waals surface area (Å²) in [4.78, 5) is 59.6. The molecule has 0 aliphatic carbocycles. The fourth-order valence-electron chi connectivity index (χ4n) is 4.73. The van der Waals surface area contributed by atoms with Crippen molar-refractivity contribution >= 4 is 70.4 Å². The maximum absolute atomic E-state index is 11.4. The predicted molar refractivity (Wildman–Crippen MR) is 195 cm³/mol. The lowest BCUT2D eigenvalue weighted by Crippen LogP contribution is -1.92. The molecule has 0 saturated heterocycles. The Morgan fingerprint density at radius 1 is 0.389 bits per heavy atom. The molecule has 0 aromatic heterocycles. The van der Waals surface area contributed by atoms with Gasteiger partial charge in [0.05, 0.1) is 42.4 Å². The largest absolute Gasteiger partial charge is 0.502 e. The van der Waals surface area contributed by atoms with Crippen molar-refractivity contribution in [2.45, 2.75) is 0 Å². The predicted octanol–water partition coefficient (Wildman–Crippen LogP) is 7.14. The van der Waals surface area contributed by atoms with Crippen molar-refractivity contribution < 1.29 is 40.1 Å². The van der Waals surface area contributed by atoms with Gasteiger partial charge < -0.3 is 20.4 Å². The summed E-state index contributed by atoms with van der Waals surface area (Å²) in [7, 11) is 0. The van der Waals surface area contributed by atoms with E-state index < -0.39 is 65.4 Å². The molecule has 0 aliphatic heterocycles. The maximum Gasteiger partial charge on any atom is 0.311 e. The highest BCUT2D eigenvalue weighted by molar-refractivity contribution is 5.96. The van der Waals surface area contributed by atoms with Crippen molar-refractivity contribution in [1.29, 1.82) is 0 Å². The Labute approximate surface area is 300 Å². The van der Waals surface area contributed by atoms with Crippen LogP contribution in [-0.4, -0.2) is 65.0 Å². The standard InChI is InChI=1S/C34H22N8O12/c43-31-19(5-1-9-27(31)39(47)48)15-35-23-13-25(37-17-21-7-3-11-29(33(21)45)41(51)52)26(38-18-22-8-4-12-30(34(22)46)42(53)54)14-24(23)36-16-20-6-2-10-28(32(20)44)40(49)50/h1-18,43-46H. The fraction of sp³-hybridized carbons (Fsp3) is 0. The van der Waals surface area contributed by atoms with E-state index in [4.69, 9.17) is 0 Å². The minimum Gasteiger partial charge on any atom is -0.502 e. The molecule has 0 aliphatic rings. The van der Waals surface area contributed by atoms with E-state index >= 15 is 0 Å². The van der Waals surface area contributed by atoms with Crippen LogP contribution in [0.1, 0.15) is 22.3 Å². The second-order valence-corrected chi connectivity index (χ2v) is 10.8. The summed E-state index contributed by atoms with van der Waals surface area (Å²) >= 11 is 0. The zero-order chi connectivity index (χ0) is 39.1. The summed E-state index contributed by atoms with van der Waals surface area (Å²) in [6.07, 6.45) is 4.24. The molecule has 5 aromatic rings. The van der Waals surface area contributed by atoms with E-state index in [0.717, 1.165) is 49.1 Å². The van der Waals surface area contributed by atoms with Gasteiger partial charge in [0.1, 0.15) is 0 Å². The van der Waals surface area contributed by atoms with Crippen LogP contribution in [0.5, 0.6) is 23.0 Å². The minimum atomic E-state index is -0.810. The topological polar surface area (TPSA) is 303 Å². The molecule has 0 atom stereocenters. The first-order chi connectivity index (χ1) is 25.8. The zero-order valence-corrected chi connectivity index (χ0v) is 27.0. The monoisotopic (exact) mass is 734 g/mol. The van der Waals surface area contributed by atoms with E-state index in [9.17, 15) is 60.9 Å². The van der Waals surface area contributed by atoms with E-state index in [0.29, 0.717) is 0 Å². The Morgan fingerprint density at radius 2 is 0.593 bits per heavy atom. The molecule has 5 aromatic carbocycles. The molecule has 0 amide bonds. The minimum absolute atomic E-state index is 0.0744. The quantitative estimate of drug-likeness (QED) is 0.0564. The van der Waals surface area contributed by atoms with Crippen molar-refractivity contribution in [1.82, 2.24) is 0 Å². The van der Waals surface area contributed by atoms with Gasteiger partial charge in [-0.1, -0.05) is 24.3 Å². The van der Waals surface area contributed by atoms with Gasteiger partial charge in [-0.05, 0) is 36.4 Å². The van der Waals surface area contributed by atoms with Crippen molar-refractivity contribution in [3.05, 3.63) is 148 Å². The number of aliphatic imine (C=N–C) groups is 4. The number of nitrogens with zero attached hydrogens (tertiary/aromatic N) is 8. The molecule has 4 N–H and O–H groups in total. The summed E-state index contributed by atoms with van der Waals surface area (Å²) in [6, 6.07) is 17.3. The van der Waals surface area contributed by atoms with Gasteiger partial charge in [0.2, 0.25) is 23.0 Å². The third-order valence-corrected chi connectivity index (χ3v) is 7.41. The van der Waals surface area contributed by atoms with Crippen LogP contribution in [0.4, 0.5) is 45.5 Å². The van der Waals surface area contributed by atoms with Gasteiger partial charge in [0.15, 0.2) is 0 Å². The highest BCUT2D eigenvalue weighted by atomic mass is 16.6. The normalized spacial score (nSPS) is 11.6. The van der Waals surface area contributed by atoms with E-state index in [2.05, 4.69) is 20.0 Å². The number of benzene rings is 5. The van der Waals surface area contributed by atoms with E-state index in [-0.39, 0.29) is 45.0 Å². The molecule has 20 nitrogen and oxygen atoms in total. The number of nitro groups is 4. The summed E-state index contributed by atoms with van der Waals surface area (Å²) in [5, 5.41) is 87.5. The third-order valence-electron chi connectivity index (χ3n) is 7.41. The first-order valence-electron chi connectivity index (χ1n) is 15.0. The average molecular weight is 735 g/mol. The molecule has 0 unspecified atom stereocenters. The second kappa shape index (κ2) is 15.6. The molecule has 5 rings (SSSR count). The van der Waals surface area contributed by atoms with Crippen molar-refractivity contribution in [2.24, 2.45) is 20.0 Å². The van der Waals surface area contributed by atoms with Crippen molar-refractivity contribution in [2.75, 3.05) is 0 Å². The second-order valence-electron chi connectivity index (χ2n) is 10.8. The van der Waals surface area contributed by atoms with Gasteiger partial charge in [-0.3, -0.25) is 60.4 Å². The van der Waals surface area contributed by atoms with Gasteiger partial charge >= 0.3 is 22.7 Å². The molecular formula is C34H22N8O12. The SMILES string of the molecule is O=[N+]([O-])c1cccc(C=Nc2cc(N=Cc3cccc([N+](=O)[O-])c3O)c(N=Cc3cccc([N+](=O)[O-])c3O)cc2N=Cc2cccc([N+](=O)[O-])c2O)c1O. The number of nitro benzene ring substituents is 4. The van der Waals surface area contributed by atoms with Gasteiger partial charge in [0.25, 0.3) is 0 Å². The summed E-state index contributed by atoms with van der Waals surface area (Å²) < 4.78 is 0. The molecule has 0 saturated carbocycles. The van der Waals surface area contributed by atoms with Crippen molar-refractivity contribution in [3.8, 4) is 23.0 Å². The third kappa shape index (κ3) is 7.97. The highest BCUT2D eigenvalue weighted by Crippen LogP contribution is 2.42. The summed E-state index contributed by atoms with van der Waals surface area (Å²) in [5.74, 6) is -2.85. The summed E-state index contributed by atoms with van der Waals surface area (Å²) in [5.41, 5.74) is -3.13. The Hall–Kier alpha value is -8.42. The van der Waals surface area contributed by atoms with Crippen LogP contribution < -0.4 is 0 Å². The molecule has 20 heteroatoms. The molecule has 0 bridgehead atoms. The molecule has 270 valence electrons. The molecule has 0 heterocycles. The number of hydrogen-bond donors (Lipinski definition) is 4. The Balaban J connectivity index is 1.74. The van der Waals surface area contributed by atoms with Gasteiger partial charge in [0, 0.05) is 71.4 Å². The average Bonchev–Trinajstić information content (AvgIpc) is 3.13. The molecule has 0 radical (unpaired) electrons. The molecule has 54 heavy (non-hydrogen) atoms. The zero-order valence-electron chi connectivity index (χ0n) is 27.0.